The van der Waals surface area contributed by atoms with E-state index < -0.39 is 0 Å². The fourth-order valence-electron chi connectivity index (χ4n) is 2.07. The molecule has 1 unspecified atom stereocenters. The molecule has 0 aromatic heterocycles. The van der Waals surface area contributed by atoms with Crippen LogP contribution in [0.1, 0.15) is 33.1 Å². The van der Waals surface area contributed by atoms with Gasteiger partial charge in [0.15, 0.2) is 0 Å². The van der Waals surface area contributed by atoms with Crippen LogP contribution < -0.4 is 0 Å². The smallest absolute Gasteiger partial charge is 0.0681 e. The van der Waals surface area contributed by atoms with E-state index in [1.165, 1.54) is 29.6 Å². The Labute approximate surface area is 81.5 Å². The lowest BCUT2D eigenvalue weighted by Gasteiger charge is -2.16. The van der Waals surface area contributed by atoms with Crippen LogP contribution in [-0.4, -0.2) is 13.7 Å². The fraction of sp³-hybridized carbons (Fsp3) is 0.667. The van der Waals surface area contributed by atoms with Gasteiger partial charge in [0.05, 0.1) is 6.61 Å². The molecule has 0 aromatic rings. The molecular formula is C12H20O. The summed E-state index contributed by atoms with van der Waals surface area (Å²) in [6, 6.07) is 0. The molecule has 0 aromatic carbocycles. The summed E-state index contributed by atoms with van der Waals surface area (Å²) in [5.41, 5.74) is 4.36. The van der Waals surface area contributed by atoms with Crippen LogP contribution in [0.15, 0.2) is 23.3 Å². The highest BCUT2D eigenvalue weighted by molar-refractivity contribution is 5.29. The van der Waals surface area contributed by atoms with E-state index >= 15 is 0 Å². The third kappa shape index (κ3) is 2.22. The fourth-order valence-corrected chi connectivity index (χ4v) is 2.07. The van der Waals surface area contributed by atoms with Gasteiger partial charge in [0.2, 0.25) is 0 Å². The van der Waals surface area contributed by atoms with Gasteiger partial charge in [0.25, 0.3) is 0 Å². The number of methoxy groups -OCH3 is 1. The van der Waals surface area contributed by atoms with E-state index in [1.54, 1.807) is 7.11 Å². The summed E-state index contributed by atoms with van der Waals surface area (Å²) < 4.78 is 5.22. The Morgan fingerprint density at radius 3 is 2.85 bits per heavy atom. The molecule has 0 radical (unpaired) electrons. The van der Waals surface area contributed by atoms with Crippen LogP contribution in [0.4, 0.5) is 0 Å². The molecule has 1 nitrogen and oxygen atoms in total. The van der Waals surface area contributed by atoms with Crippen LogP contribution in [0.2, 0.25) is 0 Å². The molecule has 1 heteroatoms. The van der Waals surface area contributed by atoms with Gasteiger partial charge in [-0.3, -0.25) is 0 Å². The van der Waals surface area contributed by atoms with Crippen molar-refractivity contribution in [1.29, 1.82) is 0 Å². The Bertz CT molecular complexity index is 225. The van der Waals surface area contributed by atoms with Crippen LogP contribution >= 0.6 is 0 Å². The maximum atomic E-state index is 5.22. The molecule has 1 aliphatic rings. The van der Waals surface area contributed by atoms with Gasteiger partial charge in [-0.05, 0) is 31.8 Å². The maximum Gasteiger partial charge on any atom is 0.0681 e. The van der Waals surface area contributed by atoms with Crippen molar-refractivity contribution in [2.75, 3.05) is 13.7 Å². The molecule has 0 fully saturated rings. The molecular weight excluding hydrogens is 160 g/mol. The highest BCUT2D eigenvalue weighted by Gasteiger charge is 2.24. The lowest BCUT2D eigenvalue weighted by Crippen LogP contribution is -2.07. The number of allylic oxidation sites excluding steroid dienone is 2. The number of hydrogen-bond donors (Lipinski definition) is 0. The molecule has 1 aliphatic carbocycles. The number of rotatable bonds is 4. The van der Waals surface area contributed by atoms with E-state index in [2.05, 4.69) is 20.4 Å². The standard InChI is InChI=1S/C12H20O/c1-5-9(2)11-7-6-10(3)12(11)8-13-4/h11H,2,5-8H2,1,3-4H3. The molecule has 74 valence electrons. The van der Waals surface area contributed by atoms with Crippen LogP contribution in [0.25, 0.3) is 0 Å². The Hall–Kier alpha value is -0.560. The molecule has 0 spiro atoms. The zero-order chi connectivity index (χ0) is 9.84. The van der Waals surface area contributed by atoms with E-state index in [4.69, 9.17) is 4.74 Å². The van der Waals surface area contributed by atoms with Gasteiger partial charge in [-0.1, -0.05) is 24.6 Å². The van der Waals surface area contributed by atoms with Gasteiger partial charge < -0.3 is 4.74 Å². The quantitative estimate of drug-likeness (QED) is 0.603. The number of ether oxygens (including phenoxy) is 1. The molecule has 0 amide bonds. The molecule has 0 N–H and O–H groups in total. The van der Waals surface area contributed by atoms with Crippen molar-refractivity contribution >= 4 is 0 Å². The SMILES string of the molecule is C=C(CC)C1CCC(C)=C1COC. The monoisotopic (exact) mass is 180 g/mol. The van der Waals surface area contributed by atoms with E-state index in [1.807, 2.05) is 0 Å². The predicted octanol–water partition coefficient (Wildman–Crippen LogP) is 3.33. The molecule has 13 heavy (non-hydrogen) atoms. The summed E-state index contributed by atoms with van der Waals surface area (Å²) in [6.45, 7) is 9.32. The first kappa shape index (κ1) is 10.5. The van der Waals surface area contributed by atoms with Gasteiger partial charge in [0, 0.05) is 13.0 Å². The van der Waals surface area contributed by atoms with E-state index in [0.29, 0.717) is 5.92 Å². The Morgan fingerprint density at radius 1 is 1.62 bits per heavy atom. The topological polar surface area (TPSA) is 9.23 Å². The second-order valence-corrected chi connectivity index (χ2v) is 3.84. The molecule has 1 atom stereocenters. The first-order chi connectivity index (χ1) is 6.20. The molecule has 0 aliphatic heterocycles. The first-order valence-corrected chi connectivity index (χ1v) is 5.05. The lowest BCUT2D eigenvalue weighted by atomic mass is 9.92. The van der Waals surface area contributed by atoms with E-state index in [-0.39, 0.29) is 0 Å². The predicted molar refractivity (Wildman–Crippen MR) is 56.7 cm³/mol. The summed E-state index contributed by atoms with van der Waals surface area (Å²) in [5.74, 6) is 0.602. The van der Waals surface area contributed by atoms with Crippen molar-refractivity contribution in [2.24, 2.45) is 5.92 Å². The van der Waals surface area contributed by atoms with Gasteiger partial charge in [-0.25, -0.2) is 0 Å². The van der Waals surface area contributed by atoms with Crippen molar-refractivity contribution in [3.8, 4) is 0 Å². The Balaban J connectivity index is 2.72. The maximum absolute atomic E-state index is 5.22. The molecule has 0 saturated carbocycles. The molecule has 0 saturated heterocycles. The zero-order valence-electron chi connectivity index (χ0n) is 9.02. The van der Waals surface area contributed by atoms with E-state index in [9.17, 15) is 0 Å². The average molecular weight is 180 g/mol. The average Bonchev–Trinajstić information content (AvgIpc) is 2.48. The van der Waals surface area contributed by atoms with Crippen LogP contribution in [0, 0.1) is 5.92 Å². The largest absolute Gasteiger partial charge is 0.380 e. The van der Waals surface area contributed by atoms with Crippen LogP contribution in [0.3, 0.4) is 0 Å². The van der Waals surface area contributed by atoms with Crippen molar-refractivity contribution in [3.05, 3.63) is 23.3 Å². The minimum atomic E-state index is 0.602. The second-order valence-electron chi connectivity index (χ2n) is 3.84. The van der Waals surface area contributed by atoms with Gasteiger partial charge in [-0.15, -0.1) is 0 Å². The highest BCUT2D eigenvalue weighted by atomic mass is 16.5. The summed E-state index contributed by atoms with van der Waals surface area (Å²) in [5, 5.41) is 0. The van der Waals surface area contributed by atoms with E-state index in [0.717, 1.165) is 13.0 Å². The molecule has 0 bridgehead atoms. The third-order valence-corrected chi connectivity index (χ3v) is 3.02. The van der Waals surface area contributed by atoms with Gasteiger partial charge in [0.1, 0.15) is 0 Å². The zero-order valence-corrected chi connectivity index (χ0v) is 9.02. The highest BCUT2D eigenvalue weighted by Crippen LogP contribution is 2.36. The van der Waals surface area contributed by atoms with Crippen molar-refractivity contribution in [1.82, 2.24) is 0 Å². The first-order valence-electron chi connectivity index (χ1n) is 5.05. The summed E-state index contributed by atoms with van der Waals surface area (Å²) in [7, 11) is 1.77. The van der Waals surface area contributed by atoms with Crippen molar-refractivity contribution in [2.45, 2.75) is 33.1 Å². The van der Waals surface area contributed by atoms with Gasteiger partial charge >= 0.3 is 0 Å². The molecule has 0 heterocycles. The van der Waals surface area contributed by atoms with Crippen molar-refractivity contribution in [3.63, 3.8) is 0 Å². The van der Waals surface area contributed by atoms with Crippen LogP contribution in [-0.2, 0) is 4.74 Å². The minimum absolute atomic E-state index is 0.602. The van der Waals surface area contributed by atoms with Gasteiger partial charge in [-0.2, -0.15) is 0 Å². The normalized spacial score (nSPS) is 22.5. The summed E-state index contributed by atoms with van der Waals surface area (Å²) in [6.07, 6.45) is 3.56. The summed E-state index contributed by atoms with van der Waals surface area (Å²) in [4.78, 5) is 0. The van der Waals surface area contributed by atoms with Crippen molar-refractivity contribution < 1.29 is 4.74 Å². The lowest BCUT2D eigenvalue weighted by molar-refractivity contribution is 0.219. The molecule has 1 rings (SSSR count). The van der Waals surface area contributed by atoms with Crippen LogP contribution in [0.5, 0.6) is 0 Å². The Morgan fingerprint density at radius 2 is 2.31 bits per heavy atom. The second kappa shape index (κ2) is 4.61. The minimum Gasteiger partial charge on any atom is -0.380 e. The number of hydrogen-bond acceptors (Lipinski definition) is 1. The third-order valence-electron chi connectivity index (χ3n) is 3.02. The Kier molecular flexibility index (Phi) is 3.73. The summed E-state index contributed by atoms with van der Waals surface area (Å²) >= 11 is 0.